The van der Waals surface area contributed by atoms with Gasteiger partial charge in [-0.25, -0.2) is 9.97 Å². The van der Waals surface area contributed by atoms with Crippen LogP contribution in [-0.2, 0) is 13.0 Å². The van der Waals surface area contributed by atoms with Crippen LogP contribution in [0.2, 0.25) is 0 Å². The molecule has 1 N–H and O–H groups in total. The predicted molar refractivity (Wildman–Crippen MR) is 153 cm³/mol. The van der Waals surface area contributed by atoms with Crippen LogP contribution in [0.1, 0.15) is 56.5 Å². The standard InChI is InChI=1S/C20H27NO2.C11H13N3/c1-3-15-8-9-19-18(10-15)20(22)17(13-23-19)12-21-11-16-6-4-14(2)5-7-16;1-8-12-10-7-5-4-6-9(10)11(13-8)14(2)3/h8-10,13-14,16,21H,3-7,11-12H2,1-2H3;4-7H,1-3H3. The van der Waals surface area contributed by atoms with Crippen molar-refractivity contribution in [3.63, 3.8) is 0 Å². The third-order valence-corrected chi connectivity index (χ3v) is 7.32. The summed E-state index contributed by atoms with van der Waals surface area (Å²) >= 11 is 0. The van der Waals surface area contributed by atoms with Crippen molar-refractivity contribution in [2.24, 2.45) is 11.8 Å². The van der Waals surface area contributed by atoms with E-state index in [4.69, 9.17) is 4.42 Å². The highest BCUT2D eigenvalue weighted by atomic mass is 16.3. The van der Waals surface area contributed by atoms with E-state index in [0.717, 1.165) is 52.9 Å². The van der Waals surface area contributed by atoms with E-state index < -0.39 is 0 Å². The summed E-state index contributed by atoms with van der Waals surface area (Å²) in [5.74, 6) is 3.43. The minimum absolute atomic E-state index is 0.103. The van der Waals surface area contributed by atoms with Crippen molar-refractivity contribution in [1.82, 2.24) is 15.3 Å². The van der Waals surface area contributed by atoms with Gasteiger partial charge in [0.25, 0.3) is 0 Å². The fourth-order valence-electron chi connectivity index (χ4n) is 5.02. The molecule has 0 aliphatic heterocycles. The molecule has 0 bridgehead atoms. The van der Waals surface area contributed by atoms with Crippen molar-refractivity contribution in [2.45, 2.75) is 59.4 Å². The van der Waals surface area contributed by atoms with Gasteiger partial charge in [0.2, 0.25) is 0 Å². The molecule has 2 aromatic heterocycles. The minimum atomic E-state index is 0.103. The van der Waals surface area contributed by atoms with Gasteiger partial charge in [0.05, 0.1) is 17.2 Å². The van der Waals surface area contributed by atoms with Gasteiger partial charge in [-0.2, -0.15) is 0 Å². The second kappa shape index (κ2) is 12.3. The SMILES string of the molecule is CCc1ccc2occ(CNCC3CCC(C)CC3)c(=O)c2c1.Cc1nc(N(C)C)c2ccccc2n1. The maximum Gasteiger partial charge on any atom is 0.197 e. The van der Waals surface area contributed by atoms with Gasteiger partial charge >= 0.3 is 0 Å². The Labute approximate surface area is 220 Å². The molecule has 6 nitrogen and oxygen atoms in total. The Kier molecular flexibility index (Phi) is 8.93. The van der Waals surface area contributed by atoms with Crippen LogP contribution in [0.4, 0.5) is 5.82 Å². The van der Waals surface area contributed by atoms with Crippen LogP contribution < -0.4 is 15.6 Å². The summed E-state index contributed by atoms with van der Waals surface area (Å²) in [7, 11) is 3.99. The lowest BCUT2D eigenvalue weighted by Gasteiger charge is -2.26. The lowest BCUT2D eigenvalue weighted by molar-refractivity contribution is 0.281. The lowest BCUT2D eigenvalue weighted by atomic mass is 9.83. The highest BCUT2D eigenvalue weighted by molar-refractivity contribution is 5.89. The zero-order valence-electron chi connectivity index (χ0n) is 22.9. The molecule has 1 aliphatic rings. The van der Waals surface area contributed by atoms with Crippen LogP contribution in [0.15, 0.2) is 57.9 Å². The smallest absolute Gasteiger partial charge is 0.197 e. The number of nitrogens with zero attached hydrogens (tertiary/aromatic N) is 3. The monoisotopic (exact) mass is 500 g/mol. The Hall–Kier alpha value is -3.25. The molecule has 6 heteroatoms. The van der Waals surface area contributed by atoms with E-state index in [9.17, 15) is 4.79 Å². The van der Waals surface area contributed by atoms with Crippen molar-refractivity contribution in [2.75, 3.05) is 25.5 Å². The highest BCUT2D eigenvalue weighted by Gasteiger charge is 2.18. The Balaban J connectivity index is 0.000000195. The number of nitrogens with one attached hydrogen (secondary N) is 1. The molecule has 2 aromatic carbocycles. The maximum absolute atomic E-state index is 12.6. The van der Waals surface area contributed by atoms with E-state index in [0.29, 0.717) is 17.5 Å². The first-order chi connectivity index (χ1) is 17.9. The fourth-order valence-corrected chi connectivity index (χ4v) is 5.02. The molecule has 0 amide bonds. The van der Waals surface area contributed by atoms with E-state index in [2.05, 4.69) is 29.1 Å². The van der Waals surface area contributed by atoms with Crippen LogP contribution >= 0.6 is 0 Å². The molecular weight excluding hydrogens is 460 g/mol. The number of rotatable bonds is 6. The molecule has 1 saturated carbocycles. The molecule has 37 heavy (non-hydrogen) atoms. The number of hydrogen-bond acceptors (Lipinski definition) is 6. The number of para-hydroxylation sites is 1. The van der Waals surface area contributed by atoms with Crippen molar-refractivity contribution in [3.8, 4) is 0 Å². The molecule has 0 radical (unpaired) electrons. The molecule has 0 unspecified atom stereocenters. The largest absolute Gasteiger partial charge is 0.464 e. The van der Waals surface area contributed by atoms with E-state index in [1.807, 2.05) is 68.4 Å². The Morgan fingerprint density at radius 1 is 1.03 bits per heavy atom. The molecule has 4 aromatic rings. The molecule has 0 spiro atoms. The first kappa shape index (κ1) is 26.8. The molecular formula is C31H40N4O2. The van der Waals surface area contributed by atoms with Gasteiger partial charge in [-0.15, -0.1) is 0 Å². The van der Waals surface area contributed by atoms with Gasteiger partial charge in [0.1, 0.15) is 17.2 Å². The maximum atomic E-state index is 12.6. The van der Waals surface area contributed by atoms with Crippen LogP contribution in [0.25, 0.3) is 21.9 Å². The van der Waals surface area contributed by atoms with Gasteiger partial charge in [0.15, 0.2) is 5.43 Å². The number of fused-ring (bicyclic) bond motifs is 2. The fraction of sp³-hybridized carbons (Fsp3) is 0.452. The van der Waals surface area contributed by atoms with Crippen LogP contribution in [-0.4, -0.2) is 30.6 Å². The average Bonchev–Trinajstić information content (AvgIpc) is 2.90. The average molecular weight is 501 g/mol. The molecule has 2 heterocycles. The summed E-state index contributed by atoms with van der Waals surface area (Å²) in [6.07, 6.45) is 7.83. The third-order valence-electron chi connectivity index (χ3n) is 7.32. The second-order valence-electron chi connectivity index (χ2n) is 10.5. The molecule has 1 aliphatic carbocycles. The lowest BCUT2D eigenvalue weighted by Crippen LogP contribution is -2.27. The normalized spacial score (nSPS) is 17.4. The van der Waals surface area contributed by atoms with Gasteiger partial charge in [-0.3, -0.25) is 4.79 Å². The van der Waals surface area contributed by atoms with E-state index in [-0.39, 0.29) is 5.43 Å². The summed E-state index contributed by atoms with van der Waals surface area (Å²) in [5.41, 5.74) is 3.69. The Morgan fingerprint density at radius 3 is 2.51 bits per heavy atom. The van der Waals surface area contributed by atoms with Crippen molar-refractivity contribution < 1.29 is 4.42 Å². The van der Waals surface area contributed by atoms with Crippen LogP contribution in [0, 0.1) is 18.8 Å². The van der Waals surface area contributed by atoms with E-state index >= 15 is 0 Å². The molecule has 1 fully saturated rings. The van der Waals surface area contributed by atoms with Gasteiger partial charge in [-0.05, 0) is 74.4 Å². The zero-order valence-corrected chi connectivity index (χ0v) is 22.9. The Morgan fingerprint density at radius 2 is 1.78 bits per heavy atom. The Bertz CT molecular complexity index is 1390. The van der Waals surface area contributed by atoms with Crippen molar-refractivity contribution in [3.05, 3.63) is 75.9 Å². The summed E-state index contributed by atoms with van der Waals surface area (Å²) in [4.78, 5) is 23.4. The van der Waals surface area contributed by atoms with E-state index in [1.165, 1.54) is 31.2 Å². The highest BCUT2D eigenvalue weighted by Crippen LogP contribution is 2.27. The van der Waals surface area contributed by atoms with E-state index in [1.54, 1.807) is 6.26 Å². The quantitative estimate of drug-likeness (QED) is 0.336. The van der Waals surface area contributed by atoms with Crippen LogP contribution in [0.3, 0.4) is 0 Å². The van der Waals surface area contributed by atoms with Gasteiger partial charge < -0.3 is 14.6 Å². The number of anilines is 1. The first-order valence-corrected chi connectivity index (χ1v) is 13.5. The second-order valence-corrected chi connectivity index (χ2v) is 10.5. The predicted octanol–water partition coefficient (Wildman–Crippen LogP) is 6.28. The number of aromatic nitrogens is 2. The minimum Gasteiger partial charge on any atom is -0.464 e. The summed E-state index contributed by atoms with van der Waals surface area (Å²) < 4.78 is 5.64. The first-order valence-electron chi connectivity index (χ1n) is 13.5. The third kappa shape index (κ3) is 6.75. The molecule has 0 atom stereocenters. The summed E-state index contributed by atoms with van der Waals surface area (Å²) in [6.45, 7) is 7.95. The summed E-state index contributed by atoms with van der Waals surface area (Å²) in [6, 6.07) is 13.9. The molecule has 0 saturated heterocycles. The topological polar surface area (TPSA) is 71.3 Å². The number of aryl methyl sites for hydroxylation is 2. The molecule has 196 valence electrons. The van der Waals surface area contributed by atoms with Gasteiger partial charge in [0, 0.05) is 31.6 Å². The molecule has 5 rings (SSSR count). The van der Waals surface area contributed by atoms with Crippen molar-refractivity contribution in [1.29, 1.82) is 0 Å². The number of benzene rings is 2. The van der Waals surface area contributed by atoms with Crippen LogP contribution in [0.5, 0.6) is 0 Å². The van der Waals surface area contributed by atoms with Gasteiger partial charge in [-0.1, -0.05) is 44.9 Å². The van der Waals surface area contributed by atoms with Crippen molar-refractivity contribution >= 4 is 27.7 Å². The summed E-state index contributed by atoms with van der Waals surface area (Å²) in [5, 5.41) is 5.26. The zero-order chi connectivity index (χ0) is 26.4. The number of hydrogen-bond donors (Lipinski definition) is 1.